The number of Topliss-reactive ketones (excluding diaryl/α,β-unsaturated/α-hetero) is 1. The second-order valence-electron chi connectivity index (χ2n) is 4.72. The van der Waals surface area contributed by atoms with Crippen molar-refractivity contribution in [1.82, 2.24) is 0 Å². The van der Waals surface area contributed by atoms with Crippen molar-refractivity contribution >= 4 is 5.78 Å². The number of hydrogen-bond donors (Lipinski definition) is 0. The lowest BCUT2D eigenvalue weighted by Gasteiger charge is -2.31. The smallest absolute Gasteiger partial charge is 0.170 e. The average Bonchev–Trinajstić information content (AvgIpc) is 2.24. The molecule has 0 saturated carbocycles. The molecule has 0 amide bonds. The zero-order valence-electron chi connectivity index (χ0n) is 10.2. The molecular weight excluding hydrogens is 216 g/mol. The Morgan fingerprint density at radius 1 is 1.53 bits per heavy atom. The Kier molecular flexibility index (Phi) is 2.92. The molecule has 0 unspecified atom stereocenters. The fraction of sp³-hybridized carbons (Fsp3) is 0.357. The van der Waals surface area contributed by atoms with Gasteiger partial charge in [-0.2, -0.15) is 0 Å². The molecular formula is C14H16O3. The SMILES string of the molecule is C=CCOc1ccc2c(c1)OC(C)(C)CC2=O. The molecule has 1 aliphatic rings. The Hall–Kier alpha value is -1.77. The van der Waals surface area contributed by atoms with Crippen LogP contribution in [0.2, 0.25) is 0 Å². The third-order valence-electron chi connectivity index (χ3n) is 2.59. The molecule has 17 heavy (non-hydrogen) atoms. The van der Waals surface area contributed by atoms with Crippen molar-refractivity contribution in [2.45, 2.75) is 25.9 Å². The van der Waals surface area contributed by atoms with Crippen molar-refractivity contribution in [3.05, 3.63) is 36.4 Å². The predicted octanol–water partition coefficient (Wildman–Crippen LogP) is 3.00. The summed E-state index contributed by atoms with van der Waals surface area (Å²) < 4.78 is 11.2. The fourth-order valence-corrected chi connectivity index (χ4v) is 1.88. The van der Waals surface area contributed by atoms with Gasteiger partial charge in [0.1, 0.15) is 23.7 Å². The van der Waals surface area contributed by atoms with Crippen LogP contribution < -0.4 is 9.47 Å². The first-order valence-electron chi connectivity index (χ1n) is 5.62. The highest BCUT2D eigenvalue weighted by atomic mass is 16.5. The van der Waals surface area contributed by atoms with Crippen LogP contribution >= 0.6 is 0 Å². The first kappa shape index (κ1) is 11.7. The normalized spacial score (nSPS) is 16.9. The molecule has 1 aromatic rings. The van der Waals surface area contributed by atoms with E-state index < -0.39 is 5.60 Å². The van der Waals surface area contributed by atoms with Crippen LogP contribution in [-0.4, -0.2) is 18.0 Å². The summed E-state index contributed by atoms with van der Waals surface area (Å²) in [6.07, 6.45) is 2.09. The van der Waals surface area contributed by atoms with Gasteiger partial charge in [-0.15, -0.1) is 0 Å². The quantitative estimate of drug-likeness (QED) is 0.751. The molecule has 1 aliphatic heterocycles. The van der Waals surface area contributed by atoms with Gasteiger partial charge in [0.05, 0.1) is 12.0 Å². The predicted molar refractivity (Wildman–Crippen MR) is 65.8 cm³/mol. The number of fused-ring (bicyclic) bond motifs is 1. The highest BCUT2D eigenvalue weighted by Gasteiger charge is 2.32. The maximum Gasteiger partial charge on any atom is 0.170 e. The van der Waals surface area contributed by atoms with Gasteiger partial charge < -0.3 is 9.47 Å². The summed E-state index contributed by atoms with van der Waals surface area (Å²) in [5.41, 5.74) is 0.191. The molecule has 0 aromatic heterocycles. The van der Waals surface area contributed by atoms with Crippen LogP contribution in [0.25, 0.3) is 0 Å². The van der Waals surface area contributed by atoms with Crippen LogP contribution in [0.15, 0.2) is 30.9 Å². The van der Waals surface area contributed by atoms with Crippen LogP contribution in [0.5, 0.6) is 11.5 Å². The summed E-state index contributed by atoms with van der Waals surface area (Å²) in [6, 6.07) is 5.30. The van der Waals surface area contributed by atoms with Crippen molar-refractivity contribution in [3.8, 4) is 11.5 Å². The van der Waals surface area contributed by atoms with E-state index in [1.165, 1.54) is 0 Å². The molecule has 3 heteroatoms. The van der Waals surface area contributed by atoms with Gasteiger partial charge in [0.15, 0.2) is 5.78 Å². The average molecular weight is 232 g/mol. The summed E-state index contributed by atoms with van der Waals surface area (Å²) in [7, 11) is 0. The van der Waals surface area contributed by atoms with Gasteiger partial charge in [-0.1, -0.05) is 12.7 Å². The van der Waals surface area contributed by atoms with Crippen molar-refractivity contribution in [3.63, 3.8) is 0 Å². The number of carbonyl (C=O) groups excluding carboxylic acids is 1. The van der Waals surface area contributed by atoms with Gasteiger partial charge in [-0.25, -0.2) is 0 Å². The number of ether oxygens (including phenoxy) is 2. The van der Waals surface area contributed by atoms with Crippen molar-refractivity contribution in [2.24, 2.45) is 0 Å². The molecule has 0 radical (unpaired) electrons. The molecule has 0 aliphatic carbocycles. The maximum atomic E-state index is 11.9. The number of rotatable bonds is 3. The lowest BCUT2D eigenvalue weighted by atomic mass is 9.93. The van der Waals surface area contributed by atoms with Crippen LogP contribution in [0.4, 0.5) is 0 Å². The minimum Gasteiger partial charge on any atom is -0.489 e. The van der Waals surface area contributed by atoms with Crippen molar-refractivity contribution in [1.29, 1.82) is 0 Å². The van der Waals surface area contributed by atoms with Crippen LogP contribution in [0.1, 0.15) is 30.6 Å². The fourth-order valence-electron chi connectivity index (χ4n) is 1.88. The molecule has 3 nitrogen and oxygen atoms in total. The summed E-state index contributed by atoms with van der Waals surface area (Å²) in [4.78, 5) is 11.9. The van der Waals surface area contributed by atoms with Crippen molar-refractivity contribution in [2.75, 3.05) is 6.61 Å². The monoisotopic (exact) mass is 232 g/mol. The Bertz CT molecular complexity index is 461. The number of hydrogen-bond acceptors (Lipinski definition) is 3. The highest BCUT2D eigenvalue weighted by molar-refractivity contribution is 6.00. The van der Waals surface area contributed by atoms with Crippen LogP contribution in [0, 0.1) is 0 Å². The molecule has 0 saturated heterocycles. The van der Waals surface area contributed by atoms with Gasteiger partial charge in [0.2, 0.25) is 0 Å². The molecule has 2 rings (SSSR count). The van der Waals surface area contributed by atoms with Gasteiger partial charge in [-0.3, -0.25) is 4.79 Å². The first-order chi connectivity index (χ1) is 8.02. The maximum absolute atomic E-state index is 11.9. The first-order valence-corrected chi connectivity index (χ1v) is 5.62. The minimum atomic E-state index is -0.443. The molecule has 0 spiro atoms. The van der Waals surface area contributed by atoms with Crippen molar-refractivity contribution < 1.29 is 14.3 Å². The summed E-state index contributed by atoms with van der Waals surface area (Å²) in [5.74, 6) is 1.41. The van der Waals surface area contributed by atoms with E-state index in [-0.39, 0.29) is 5.78 Å². The molecule has 0 fully saturated rings. The molecule has 90 valence electrons. The minimum absolute atomic E-state index is 0.117. The van der Waals surface area contributed by atoms with Gasteiger partial charge in [0.25, 0.3) is 0 Å². The lowest BCUT2D eigenvalue weighted by molar-refractivity contribution is 0.0618. The molecule has 1 aromatic carbocycles. The molecule has 1 heterocycles. The van der Waals surface area contributed by atoms with E-state index in [1.807, 2.05) is 13.8 Å². The highest BCUT2D eigenvalue weighted by Crippen LogP contribution is 2.35. The van der Waals surface area contributed by atoms with Gasteiger partial charge in [0, 0.05) is 6.07 Å². The second-order valence-corrected chi connectivity index (χ2v) is 4.72. The summed E-state index contributed by atoms with van der Waals surface area (Å²) >= 11 is 0. The van der Waals surface area contributed by atoms with E-state index in [0.29, 0.717) is 30.1 Å². The summed E-state index contributed by atoms with van der Waals surface area (Å²) in [5, 5.41) is 0. The Labute approximate surface area is 101 Å². The summed E-state index contributed by atoms with van der Waals surface area (Å²) in [6.45, 7) is 7.84. The Balaban J connectivity index is 2.31. The largest absolute Gasteiger partial charge is 0.489 e. The number of carbonyl (C=O) groups is 1. The van der Waals surface area contributed by atoms with E-state index in [0.717, 1.165) is 0 Å². The zero-order valence-corrected chi connectivity index (χ0v) is 10.2. The zero-order chi connectivity index (χ0) is 12.5. The van der Waals surface area contributed by atoms with E-state index in [2.05, 4.69) is 6.58 Å². The number of ketones is 1. The van der Waals surface area contributed by atoms with Gasteiger partial charge in [-0.05, 0) is 26.0 Å². The standard InChI is InChI=1S/C14H16O3/c1-4-7-16-10-5-6-11-12(15)9-14(2,3)17-13(11)8-10/h4-6,8H,1,7,9H2,2-3H3. The van der Waals surface area contributed by atoms with E-state index >= 15 is 0 Å². The van der Waals surface area contributed by atoms with Crippen LogP contribution in [-0.2, 0) is 0 Å². The number of benzene rings is 1. The molecule has 0 atom stereocenters. The van der Waals surface area contributed by atoms with Crippen LogP contribution in [0.3, 0.4) is 0 Å². The topological polar surface area (TPSA) is 35.5 Å². The van der Waals surface area contributed by atoms with Gasteiger partial charge >= 0.3 is 0 Å². The van der Waals surface area contributed by atoms with E-state index in [9.17, 15) is 4.79 Å². The lowest BCUT2D eigenvalue weighted by Crippen LogP contribution is -2.35. The van der Waals surface area contributed by atoms with E-state index in [1.54, 1.807) is 24.3 Å². The Morgan fingerprint density at radius 3 is 3.00 bits per heavy atom. The Morgan fingerprint density at radius 2 is 2.29 bits per heavy atom. The third-order valence-corrected chi connectivity index (χ3v) is 2.59. The van der Waals surface area contributed by atoms with E-state index in [4.69, 9.17) is 9.47 Å². The molecule has 0 N–H and O–H groups in total. The third kappa shape index (κ3) is 2.49. The second kappa shape index (κ2) is 4.24. The molecule has 0 bridgehead atoms.